The smallest absolute Gasteiger partial charge is 0.244 e. The fourth-order valence-electron chi connectivity index (χ4n) is 4.25. The highest BCUT2D eigenvalue weighted by Crippen LogP contribution is 2.45. The summed E-state index contributed by atoms with van der Waals surface area (Å²) in [6.07, 6.45) is 4.73. The monoisotopic (exact) mass is 392 g/mol. The molecular weight excluding hydrogens is 368 g/mol. The highest BCUT2D eigenvalue weighted by molar-refractivity contribution is 6.09. The Bertz CT molecular complexity index is 919. The van der Waals surface area contributed by atoms with Crippen LogP contribution >= 0.6 is 0 Å². The van der Waals surface area contributed by atoms with E-state index in [9.17, 15) is 14.4 Å². The van der Waals surface area contributed by atoms with E-state index in [1.807, 2.05) is 36.4 Å². The van der Waals surface area contributed by atoms with Gasteiger partial charge in [-0.05, 0) is 37.1 Å². The van der Waals surface area contributed by atoms with Crippen molar-refractivity contribution in [1.29, 1.82) is 0 Å². The molecule has 6 heteroatoms. The van der Waals surface area contributed by atoms with Crippen molar-refractivity contribution in [2.45, 2.75) is 38.5 Å². The number of likely N-dealkylation sites (tertiary alicyclic amines) is 1. The van der Waals surface area contributed by atoms with Crippen LogP contribution in [-0.2, 0) is 14.4 Å². The summed E-state index contributed by atoms with van der Waals surface area (Å²) in [5.74, 6) is 0.295. The van der Waals surface area contributed by atoms with Crippen LogP contribution in [0.3, 0.4) is 0 Å². The Morgan fingerprint density at radius 2 is 1.66 bits per heavy atom. The summed E-state index contributed by atoms with van der Waals surface area (Å²) in [5.41, 5.74) is -0.0861. The highest BCUT2D eigenvalue weighted by Gasteiger charge is 2.51. The van der Waals surface area contributed by atoms with E-state index in [4.69, 9.17) is 4.74 Å². The lowest BCUT2D eigenvalue weighted by atomic mass is 9.73. The molecule has 29 heavy (non-hydrogen) atoms. The number of carbonyl (C=O) groups excluding carboxylic acids is 3. The van der Waals surface area contributed by atoms with E-state index in [1.54, 1.807) is 18.2 Å². The third kappa shape index (κ3) is 4.01. The molecule has 2 aromatic rings. The number of carbonyl (C=O) groups is 3. The van der Waals surface area contributed by atoms with Gasteiger partial charge in [-0.1, -0.05) is 49.6 Å². The molecular formula is C23H24N2O4. The molecule has 6 nitrogen and oxygen atoms in total. The number of nitrogens with one attached hydrogen (secondary N) is 1. The quantitative estimate of drug-likeness (QED) is 0.777. The van der Waals surface area contributed by atoms with Gasteiger partial charge in [0, 0.05) is 6.42 Å². The van der Waals surface area contributed by atoms with Gasteiger partial charge in [-0.15, -0.1) is 0 Å². The Morgan fingerprint density at radius 1 is 0.966 bits per heavy atom. The minimum atomic E-state index is -0.579. The van der Waals surface area contributed by atoms with Crippen LogP contribution in [0.5, 0.6) is 11.5 Å². The van der Waals surface area contributed by atoms with E-state index in [0.29, 0.717) is 17.2 Å². The van der Waals surface area contributed by atoms with E-state index in [1.165, 1.54) is 0 Å². The lowest BCUT2D eigenvalue weighted by molar-refractivity contribution is -0.144. The van der Waals surface area contributed by atoms with Gasteiger partial charge in [-0.2, -0.15) is 0 Å². The summed E-state index contributed by atoms with van der Waals surface area (Å²) >= 11 is 0. The fraction of sp³-hybridized carbons (Fsp3) is 0.348. The van der Waals surface area contributed by atoms with E-state index < -0.39 is 11.3 Å². The molecule has 2 aromatic carbocycles. The molecule has 1 aliphatic carbocycles. The summed E-state index contributed by atoms with van der Waals surface area (Å²) < 4.78 is 5.85. The Hall–Kier alpha value is -3.15. The number of nitrogens with zero attached hydrogens (tertiary/aromatic N) is 1. The molecule has 1 saturated heterocycles. The second-order valence-corrected chi connectivity index (χ2v) is 7.76. The van der Waals surface area contributed by atoms with Crippen LogP contribution in [0.15, 0.2) is 54.6 Å². The summed E-state index contributed by atoms with van der Waals surface area (Å²) in [7, 11) is 0. The van der Waals surface area contributed by atoms with Gasteiger partial charge in [0.15, 0.2) is 5.75 Å². The normalized spacial score (nSPS) is 18.1. The first-order chi connectivity index (χ1) is 14.1. The Morgan fingerprint density at radius 3 is 2.41 bits per heavy atom. The van der Waals surface area contributed by atoms with Gasteiger partial charge in [-0.25, -0.2) is 0 Å². The lowest BCUT2D eigenvalue weighted by Gasteiger charge is -2.30. The molecule has 1 N–H and O–H groups in total. The van der Waals surface area contributed by atoms with Gasteiger partial charge < -0.3 is 10.1 Å². The van der Waals surface area contributed by atoms with Gasteiger partial charge >= 0.3 is 0 Å². The molecule has 1 saturated carbocycles. The molecule has 1 spiro atoms. The first-order valence-electron chi connectivity index (χ1n) is 10.0. The highest BCUT2D eigenvalue weighted by atomic mass is 16.5. The van der Waals surface area contributed by atoms with Crippen molar-refractivity contribution in [2.75, 3.05) is 11.9 Å². The van der Waals surface area contributed by atoms with Crippen LogP contribution in [0.2, 0.25) is 0 Å². The predicted octanol–water partition coefficient (Wildman–Crippen LogP) is 4.13. The van der Waals surface area contributed by atoms with E-state index in [0.717, 1.165) is 37.0 Å². The molecule has 1 heterocycles. The van der Waals surface area contributed by atoms with Crippen LogP contribution in [0.4, 0.5) is 5.69 Å². The topological polar surface area (TPSA) is 75.7 Å². The second kappa shape index (κ2) is 8.07. The summed E-state index contributed by atoms with van der Waals surface area (Å²) in [4.78, 5) is 39.1. The maximum atomic E-state index is 12.9. The number of rotatable bonds is 5. The molecule has 0 unspecified atom stereocenters. The second-order valence-electron chi connectivity index (χ2n) is 7.76. The molecule has 2 fully saturated rings. The first-order valence-corrected chi connectivity index (χ1v) is 10.0. The molecule has 3 amide bonds. The number of ether oxygens (including phenoxy) is 1. The molecule has 0 aromatic heterocycles. The molecule has 1 aliphatic heterocycles. The van der Waals surface area contributed by atoms with E-state index >= 15 is 0 Å². The van der Waals surface area contributed by atoms with Crippen molar-refractivity contribution in [3.05, 3.63) is 54.6 Å². The van der Waals surface area contributed by atoms with E-state index in [2.05, 4.69) is 5.32 Å². The average molecular weight is 392 g/mol. The van der Waals surface area contributed by atoms with Crippen LogP contribution in [-0.4, -0.2) is 29.2 Å². The zero-order valence-electron chi connectivity index (χ0n) is 16.2. The third-order valence-corrected chi connectivity index (χ3v) is 5.73. The zero-order chi connectivity index (χ0) is 20.3. The van der Waals surface area contributed by atoms with Crippen LogP contribution in [0.25, 0.3) is 0 Å². The van der Waals surface area contributed by atoms with Gasteiger partial charge in [0.25, 0.3) is 0 Å². The number of amides is 3. The summed E-state index contributed by atoms with van der Waals surface area (Å²) in [6, 6.07) is 16.4. The van der Waals surface area contributed by atoms with Gasteiger partial charge in [0.1, 0.15) is 12.3 Å². The maximum Gasteiger partial charge on any atom is 0.244 e. The third-order valence-electron chi connectivity index (χ3n) is 5.73. The Labute approximate surface area is 169 Å². The Balaban J connectivity index is 1.44. The maximum absolute atomic E-state index is 12.9. The Kier molecular flexibility index (Phi) is 5.34. The average Bonchev–Trinajstić information content (AvgIpc) is 2.95. The van der Waals surface area contributed by atoms with Gasteiger partial charge in [0.05, 0.1) is 11.1 Å². The number of imide groups is 1. The van der Waals surface area contributed by atoms with Crippen molar-refractivity contribution < 1.29 is 19.1 Å². The van der Waals surface area contributed by atoms with Crippen molar-refractivity contribution in [2.24, 2.45) is 5.41 Å². The van der Waals surface area contributed by atoms with E-state index in [-0.39, 0.29) is 24.8 Å². The zero-order valence-corrected chi connectivity index (χ0v) is 16.2. The number of anilines is 1. The first kappa shape index (κ1) is 19.2. The summed E-state index contributed by atoms with van der Waals surface area (Å²) in [6.45, 7) is -0.265. The van der Waals surface area contributed by atoms with Gasteiger partial charge in [0.2, 0.25) is 17.7 Å². The van der Waals surface area contributed by atoms with Crippen LogP contribution in [0, 0.1) is 5.41 Å². The SMILES string of the molecule is O=C(CN1C(=O)CC2(CCCCC2)C1=O)Nc1ccccc1Oc1ccccc1. The minimum absolute atomic E-state index is 0.189. The number of benzene rings is 2. The molecule has 0 bridgehead atoms. The van der Waals surface area contributed by atoms with Crippen LogP contribution < -0.4 is 10.1 Å². The standard InChI is InChI=1S/C23H24N2O4/c26-20(16-25-21(27)15-23(22(25)28)13-7-2-8-14-23)24-18-11-5-6-12-19(18)29-17-9-3-1-4-10-17/h1,3-6,9-12H,2,7-8,13-16H2,(H,24,26). The number of para-hydroxylation sites is 3. The predicted molar refractivity (Wildman–Crippen MR) is 108 cm³/mol. The number of hydrogen-bond donors (Lipinski definition) is 1. The molecule has 0 radical (unpaired) electrons. The molecule has 150 valence electrons. The fourth-order valence-corrected chi connectivity index (χ4v) is 4.25. The largest absolute Gasteiger partial charge is 0.455 e. The van der Waals surface area contributed by atoms with Crippen molar-refractivity contribution in [3.63, 3.8) is 0 Å². The summed E-state index contributed by atoms with van der Waals surface area (Å²) in [5, 5.41) is 2.78. The minimum Gasteiger partial charge on any atom is -0.455 e. The van der Waals surface area contributed by atoms with Crippen molar-refractivity contribution >= 4 is 23.4 Å². The van der Waals surface area contributed by atoms with Crippen molar-refractivity contribution in [1.82, 2.24) is 4.90 Å². The molecule has 0 atom stereocenters. The lowest BCUT2D eigenvalue weighted by Crippen LogP contribution is -2.41. The van der Waals surface area contributed by atoms with Crippen LogP contribution in [0.1, 0.15) is 38.5 Å². The van der Waals surface area contributed by atoms with Gasteiger partial charge in [-0.3, -0.25) is 19.3 Å². The molecule has 4 rings (SSSR count). The molecule has 2 aliphatic rings. The number of hydrogen-bond acceptors (Lipinski definition) is 4. The van der Waals surface area contributed by atoms with Crippen molar-refractivity contribution in [3.8, 4) is 11.5 Å².